The molecule has 8 heteroatoms. The molecule has 2 rings (SSSR count). The smallest absolute Gasteiger partial charge is 0.384 e. The van der Waals surface area contributed by atoms with E-state index in [9.17, 15) is 26.3 Å². The van der Waals surface area contributed by atoms with Gasteiger partial charge in [0.15, 0.2) is 0 Å². The number of hydrogen-bond acceptors (Lipinski definition) is 1. The normalized spacial score (nSPS) is 12.3. The lowest BCUT2D eigenvalue weighted by atomic mass is 9.98. The van der Waals surface area contributed by atoms with E-state index in [-0.39, 0.29) is 23.0 Å². The number of halogens is 6. The van der Waals surface area contributed by atoms with Crippen LogP contribution in [0.15, 0.2) is 42.5 Å². The predicted molar refractivity (Wildman–Crippen MR) is 72.9 cm³/mol. The van der Waals surface area contributed by atoms with Gasteiger partial charge in [-0.1, -0.05) is 24.3 Å². The number of hydrogen-bond donors (Lipinski definition) is 2. The van der Waals surface area contributed by atoms with Crippen LogP contribution in [0.25, 0.3) is 11.1 Å². The summed E-state index contributed by atoms with van der Waals surface area (Å²) in [6.45, 7) is 0. The summed E-state index contributed by atoms with van der Waals surface area (Å²) in [6, 6.07) is 6.71. The summed E-state index contributed by atoms with van der Waals surface area (Å²) in [4.78, 5) is 0. The average Bonchev–Trinajstić information content (AvgIpc) is 2.45. The van der Waals surface area contributed by atoms with E-state index in [1.54, 1.807) is 0 Å². The second-order valence-electron chi connectivity index (χ2n) is 4.79. The first-order valence-electron chi connectivity index (χ1n) is 6.23. The SMILES string of the molecule is N=C(N)c1ccc(-c2cc(C(F)(F)F)cc(C(F)(F)F)c2)cc1. The highest BCUT2D eigenvalue weighted by Gasteiger charge is 2.36. The van der Waals surface area contributed by atoms with Crippen LogP contribution in [0, 0.1) is 5.41 Å². The van der Waals surface area contributed by atoms with Crippen LogP contribution in [0.4, 0.5) is 26.3 Å². The monoisotopic (exact) mass is 332 g/mol. The first-order chi connectivity index (χ1) is 10.5. The summed E-state index contributed by atoms with van der Waals surface area (Å²) in [5.41, 5.74) is 2.75. The first-order valence-corrected chi connectivity index (χ1v) is 6.23. The molecule has 2 aromatic rings. The molecule has 0 saturated carbocycles. The van der Waals surface area contributed by atoms with Gasteiger partial charge in [-0.25, -0.2) is 0 Å². The fourth-order valence-electron chi connectivity index (χ4n) is 1.96. The van der Waals surface area contributed by atoms with Gasteiger partial charge in [0.1, 0.15) is 5.84 Å². The topological polar surface area (TPSA) is 49.9 Å². The fourth-order valence-corrected chi connectivity index (χ4v) is 1.96. The van der Waals surface area contributed by atoms with Crippen LogP contribution in [-0.4, -0.2) is 5.84 Å². The van der Waals surface area contributed by atoms with Gasteiger partial charge in [-0.05, 0) is 29.3 Å². The van der Waals surface area contributed by atoms with Crippen LogP contribution in [0.1, 0.15) is 16.7 Å². The molecule has 0 aromatic heterocycles. The van der Waals surface area contributed by atoms with Crippen molar-refractivity contribution in [3.8, 4) is 11.1 Å². The molecule has 0 amide bonds. The molecule has 0 spiro atoms. The number of nitrogens with two attached hydrogens (primary N) is 1. The van der Waals surface area contributed by atoms with Crippen molar-refractivity contribution in [2.45, 2.75) is 12.4 Å². The van der Waals surface area contributed by atoms with E-state index < -0.39 is 23.5 Å². The van der Waals surface area contributed by atoms with E-state index in [1.807, 2.05) is 0 Å². The number of rotatable bonds is 2. The highest BCUT2D eigenvalue weighted by molar-refractivity contribution is 5.95. The Labute approximate surface area is 127 Å². The maximum absolute atomic E-state index is 12.8. The van der Waals surface area contributed by atoms with E-state index in [2.05, 4.69) is 0 Å². The molecule has 23 heavy (non-hydrogen) atoms. The molecule has 0 heterocycles. The Hall–Kier alpha value is -2.51. The Balaban J connectivity index is 2.59. The number of nitrogen functional groups attached to an aromatic ring is 1. The summed E-state index contributed by atoms with van der Waals surface area (Å²) in [5, 5.41) is 7.22. The molecule has 3 N–H and O–H groups in total. The Kier molecular flexibility index (Phi) is 4.10. The van der Waals surface area contributed by atoms with Crippen molar-refractivity contribution in [2.75, 3.05) is 0 Å². The van der Waals surface area contributed by atoms with Crippen LogP contribution in [0.3, 0.4) is 0 Å². The highest BCUT2D eigenvalue weighted by Crippen LogP contribution is 2.38. The Bertz CT molecular complexity index is 697. The van der Waals surface area contributed by atoms with Gasteiger partial charge >= 0.3 is 12.4 Å². The minimum atomic E-state index is -4.89. The third-order valence-electron chi connectivity index (χ3n) is 3.12. The second-order valence-corrected chi connectivity index (χ2v) is 4.79. The predicted octanol–water partition coefficient (Wildman–Crippen LogP) is 4.68. The van der Waals surface area contributed by atoms with Gasteiger partial charge in [-0.15, -0.1) is 0 Å². The number of amidine groups is 1. The molecule has 0 radical (unpaired) electrons. The number of alkyl halides is 6. The molecule has 0 aliphatic heterocycles. The van der Waals surface area contributed by atoms with Gasteiger partial charge in [0, 0.05) is 5.56 Å². The summed E-state index contributed by atoms with van der Waals surface area (Å²) in [5.74, 6) is -0.253. The average molecular weight is 332 g/mol. The minimum absolute atomic E-state index is 0.0768. The molecule has 0 saturated heterocycles. The fraction of sp³-hybridized carbons (Fsp3) is 0.133. The van der Waals surface area contributed by atoms with Crippen molar-refractivity contribution in [1.82, 2.24) is 0 Å². The lowest BCUT2D eigenvalue weighted by molar-refractivity contribution is -0.143. The third kappa shape index (κ3) is 3.82. The van der Waals surface area contributed by atoms with Crippen molar-refractivity contribution in [1.29, 1.82) is 5.41 Å². The first kappa shape index (κ1) is 16.9. The van der Waals surface area contributed by atoms with Gasteiger partial charge in [0.05, 0.1) is 11.1 Å². The lowest BCUT2D eigenvalue weighted by Gasteiger charge is -2.14. The van der Waals surface area contributed by atoms with Crippen LogP contribution in [-0.2, 0) is 12.4 Å². The van der Waals surface area contributed by atoms with Crippen LogP contribution in [0.5, 0.6) is 0 Å². The zero-order chi connectivity index (χ0) is 17.4. The molecular formula is C15H10F6N2. The van der Waals surface area contributed by atoms with Gasteiger partial charge in [0.25, 0.3) is 0 Å². The van der Waals surface area contributed by atoms with Crippen LogP contribution < -0.4 is 5.73 Å². The van der Waals surface area contributed by atoms with Crippen molar-refractivity contribution < 1.29 is 26.3 Å². The van der Waals surface area contributed by atoms with Crippen molar-refractivity contribution in [2.24, 2.45) is 5.73 Å². The maximum atomic E-state index is 12.8. The number of benzene rings is 2. The molecule has 122 valence electrons. The third-order valence-corrected chi connectivity index (χ3v) is 3.12. The zero-order valence-electron chi connectivity index (χ0n) is 11.4. The standard InChI is InChI=1S/C15H10F6N2/c16-14(17,18)11-5-10(6-12(7-11)15(19,20)21)8-1-3-9(4-2-8)13(22)23/h1-7H,(H3,22,23). The quantitative estimate of drug-likeness (QED) is 0.468. The van der Waals surface area contributed by atoms with Gasteiger partial charge in [-0.3, -0.25) is 5.41 Å². The van der Waals surface area contributed by atoms with E-state index in [0.717, 1.165) is 0 Å². The Morgan fingerprint density at radius 1 is 0.739 bits per heavy atom. The largest absolute Gasteiger partial charge is 0.416 e. The summed E-state index contributed by atoms with van der Waals surface area (Å²) in [6.07, 6.45) is -9.79. The molecule has 0 unspecified atom stereocenters. The van der Waals surface area contributed by atoms with E-state index >= 15 is 0 Å². The van der Waals surface area contributed by atoms with Crippen LogP contribution >= 0.6 is 0 Å². The second kappa shape index (κ2) is 5.60. The molecule has 0 fully saturated rings. The van der Waals surface area contributed by atoms with Crippen molar-refractivity contribution in [3.63, 3.8) is 0 Å². The molecule has 0 aliphatic carbocycles. The number of nitrogens with one attached hydrogen (secondary N) is 1. The van der Waals surface area contributed by atoms with Crippen molar-refractivity contribution >= 4 is 5.84 Å². The molecular weight excluding hydrogens is 322 g/mol. The molecule has 2 nitrogen and oxygen atoms in total. The zero-order valence-corrected chi connectivity index (χ0v) is 11.4. The van der Waals surface area contributed by atoms with E-state index in [1.165, 1.54) is 24.3 Å². The van der Waals surface area contributed by atoms with E-state index in [0.29, 0.717) is 17.7 Å². The van der Waals surface area contributed by atoms with Gasteiger partial charge < -0.3 is 5.73 Å². The van der Waals surface area contributed by atoms with E-state index in [4.69, 9.17) is 11.1 Å². The van der Waals surface area contributed by atoms with Gasteiger partial charge in [-0.2, -0.15) is 26.3 Å². The van der Waals surface area contributed by atoms with Crippen LogP contribution in [0.2, 0.25) is 0 Å². The van der Waals surface area contributed by atoms with Gasteiger partial charge in [0.2, 0.25) is 0 Å². The summed E-state index contributed by atoms with van der Waals surface area (Å²) < 4.78 is 76.9. The van der Waals surface area contributed by atoms with Crippen molar-refractivity contribution in [3.05, 3.63) is 59.2 Å². The summed E-state index contributed by atoms with van der Waals surface area (Å²) >= 11 is 0. The molecule has 0 bridgehead atoms. The minimum Gasteiger partial charge on any atom is -0.384 e. The summed E-state index contributed by atoms with van der Waals surface area (Å²) in [7, 11) is 0. The Morgan fingerprint density at radius 2 is 1.17 bits per heavy atom. The molecule has 2 aromatic carbocycles. The Morgan fingerprint density at radius 3 is 1.52 bits per heavy atom. The molecule has 0 atom stereocenters. The lowest BCUT2D eigenvalue weighted by Crippen LogP contribution is -2.11. The molecule has 0 aliphatic rings. The highest BCUT2D eigenvalue weighted by atomic mass is 19.4. The maximum Gasteiger partial charge on any atom is 0.416 e.